The molecule has 0 amide bonds. The zero-order valence-electron chi connectivity index (χ0n) is 31.4. The summed E-state index contributed by atoms with van der Waals surface area (Å²) in [6.07, 6.45) is 0. The molecule has 0 bridgehead atoms. The third kappa shape index (κ3) is 4.95. The maximum absolute atomic E-state index is 5.45. The molecule has 0 saturated carbocycles. The van der Waals surface area contributed by atoms with E-state index in [4.69, 9.17) is 9.97 Å². The van der Waals surface area contributed by atoms with Crippen LogP contribution in [0.25, 0.3) is 110 Å². The zero-order chi connectivity index (χ0) is 38.2. The largest absolute Gasteiger partial charge is 0.309 e. The van der Waals surface area contributed by atoms with Crippen molar-refractivity contribution in [2.75, 3.05) is 0 Å². The average molecular weight is 739 g/mol. The lowest BCUT2D eigenvalue weighted by Gasteiger charge is -2.14. The van der Waals surface area contributed by atoms with Gasteiger partial charge >= 0.3 is 0 Å². The van der Waals surface area contributed by atoms with Gasteiger partial charge in [-0.3, -0.25) is 0 Å². The molecule has 12 rings (SSSR count). The van der Waals surface area contributed by atoms with Crippen molar-refractivity contribution in [3.05, 3.63) is 206 Å². The molecule has 0 aliphatic heterocycles. The molecule has 270 valence electrons. The maximum atomic E-state index is 5.45. The molecule has 0 aliphatic carbocycles. The van der Waals surface area contributed by atoms with Gasteiger partial charge in [0.1, 0.15) is 0 Å². The second-order valence-corrected chi connectivity index (χ2v) is 15.0. The van der Waals surface area contributed by atoms with Gasteiger partial charge in [0.05, 0.1) is 44.5 Å². The van der Waals surface area contributed by atoms with Gasteiger partial charge in [0.2, 0.25) is 0 Å². The predicted octanol–water partition coefficient (Wildman–Crippen LogP) is 14.0. The third-order valence-electron chi connectivity index (χ3n) is 11.7. The van der Waals surface area contributed by atoms with E-state index >= 15 is 0 Å². The fraction of sp³-hybridized carbons (Fsp3) is 0. The highest BCUT2D eigenvalue weighted by atomic mass is 15.0. The van der Waals surface area contributed by atoms with Gasteiger partial charge in [0.25, 0.3) is 0 Å². The van der Waals surface area contributed by atoms with Crippen molar-refractivity contribution in [1.82, 2.24) is 19.1 Å². The lowest BCUT2D eigenvalue weighted by atomic mass is 10.0. The van der Waals surface area contributed by atoms with Crippen LogP contribution in [0.5, 0.6) is 0 Å². The van der Waals surface area contributed by atoms with Gasteiger partial charge in [0.15, 0.2) is 0 Å². The van der Waals surface area contributed by atoms with Gasteiger partial charge < -0.3 is 9.13 Å². The first kappa shape index (κ1) is 32.4. The molecular formula is C54H34N4. The first-order chi connectivity index (χ1) is 28.8. The van der Waals surface area contributed by atoms with Crippen molar-refractivity contribution in [1.29, 1.82) is 0 Å². The fourth-order valence-corrected chi connectivity index (χ4v) is 9.10. The average Bonchev–Trinajstić information content (AvgIpc) is 3.80. The smallest absolute Gasteiger partial charge is 0.0973 e. The summed E-state index contributed by atoms with van der Waals surface area (Å²) in [5, 5.41) is 7.46. The van der Waals surface area contributed by atoms with Gasteiger partial charge in [-0.25, -0.2) is 9.97 Å². The molecule has 12 aromatic rings. The summed E-state index contributed by atoms with van der Waals surface area (Å²) < 4.78 is 4.86. The summed E-state index contributed by atoms with van der Waals surface area (Å²) in [5.74, 6) is 0. The van der Waals surface area contributed by atoms with Gasteiger partial charge in [-0.2, -0.15) is 0 Å². The molecule has 0 aliphatic rings. The number of hydrogen-bond acceptors (Lipinski definition) is 2. The van der Waals surface area contributed by atoms with Crippen LogP contribution in [0.15, 0.2) is 206 Å². The van der Waals surface area contributed by atoms with Crippen LogP contribution in [-0.4, -0.2) is 19.1 Å². The molecule has 3 aromatic heterocycles. The molecule has 58 heavy (non-hydrogen) atoms. The maximum Gasteiger partial charge on any atom is 0.0973 e. The zero-order valence-corrected chi connectivity index (χ0v) is 31.4. The molecular weight excluding hydrogens is 705 g/mol. The minimum atomic E-state index is 0.862. The Balaban J connectivity index is 1.13. The highest BCUT2D eigenvalue weighted by molar-refractivity contribution is 6.25. The van der Waals surface area contributed by atoms with Crippen molar-refractivity contribution < 1.29 is 0 Å². The van der Waals surface area contributed by atoms with Crippen molar-refractivity contribution >= 4 is 65.4 Å². The molecule has 9 aromatic carbocycles. The van der Waals surface area contributed by atoms with Gasteiger partial charge in [-0.15, -0.1) is 0 Å². The second kappa shape index (κ2) is 12.9. The molecule has 3 heterocycles. The summed E-state index contributed by atoms with van der Waals surface area (Å²) in [5.41, 5.74) is 14.6. The first-order valence-electron chi connectivity index (χ1n) is 19.8. The molecule has 0 fully saturated rings. The van der Waals surface area contributed by atoms with E-state index in [-0.39, 0.29) is 0 Å². The van der Waals surface area contributed by atoms with Crippen LogP contribution < -0.4 is 0 Å². The van der Waals surface area contributed by atoms with Crippen LogP contribution in [-0.2, 0) is 0 Å². The number of rotatable bonds is 5. The lowest BCUT2D eigenvalue weighted by molar-refractivity contribution is 1.16. The number of para-hydroxylation sites is 3. The molecule has 0 unspecified atom stereocenters. The van der Waals surface area contributed by atoms with E-state index in [9.17, 15) is 0 Å². The summed E-state index contributed by atoms with van der Waals surface area (Å²) in [6, 6.07) is 73.6. The van der Waals surface area contributed by atoms with E-state index in [1.165, 1.54) is 48.9 Å². The molecule has 0 N–H and O–H groups in total. The Morgan fingerprint density at radius 3 is 1.72 bits per heavy atom. The monoisotopic (exact) mass is 738 g/mol. The van der Waals surface area contributed by atoms with E-state index in [2.05, 4.69) is 203 Å². The van der Waals surface area contributed by atoms with Crippen molar-refractivity contribution in [2.45, 2.75) is 0 Å². The summed E-state index contributed by atoms with van der Waals surface area (Å²) in [7, 11) is 0. The van der Waals surface area contributed by atoms with Crippen molar-refractivity contribution in [2.24, 2.45) is 0 Å². The van der Waals surface area contributed by atoms with Crippen molar-refractivity contribution in [3.63, 3.8) is 0 Å². The molecule has 4 heteroatoms. The van der Waals surface area contributed by atoms with Gasteiger partial charge in [0, 0.05) is 49.6 Å². The minimum absolute atomic E-state index is 0.862. The topological polar surface area (TPSA) is 35.6 Å². The molecule has 0 atom stereocenters. The van der Waals surface area contributed by atoms with Crippen LogP contribution in [0.1, 0.15) is 0 Å². The van der Waals surface area contributed by atoms with Crippen LogP contribution in [0, 0.1) is 0 Å². The first-order valence-corrected chi connectivity index (χ1v) is 19.8. The van der Waals surface area contributed by atoms with Gasteiger partial charge in [-0.05, 0) is 70.9 Å². The van der Waals surface area contributed by atoms with Crippen LogP contribution in [0.4, 0.5) is 0 Å². The molecule has 4 nitrogen and oxygen atoms in total. The van der Waals surface area contributed by atoms with E-state index < -0.39 is 0 Å². The molecule has 0 spiro atoms. The Hall–Kier alpha value is -7.82. The standard InChI is InChI=1S/C54H34N4/c1-4-17-36(18-5-1)52-53(37-19-6-2-7-20-37)56-54-42(27-15-28-46(54)55-52)38-21-14-24-40(32-38)58-48-31-30-35-16-10-11-25-41(35)51(48)45-33-44-43-26-12-13-29-47(43)57(49(44)34-50(45)58)39-22-8-3-9-23-39/h1-34H. The Morgan fingerprint density at radius 2 is 0.931 bits per heavy atom. The summed E-state index contributed by atoms with van der Waals surface area (Å²) >= 11 is 0. The Bertz CT molecular complexity index is 3550. The van der Waals surface area contributed by atoms with Crippen LogP contribution >= 0.6 is 0 Å². The van der Waals surface area contributed by atoms with Crippen LogP contribution in [0.2, 0.25) is 0 Å². The number of hydrogen-bond donors (Lipinski definition) is 0. The predicted molar refractivity (Wildman–Crippen MR) is 242 cm³/mol. The highest BCUT2D eigenvalue weighted by Gasteiger charge is 2.21. The van der Waals surface area contributed by atoms with Crippen LogP contribution in [0.3, 0.4) is 0 Å². The minimum Gasteiger partial charge on any atom is -0.309 e. The Morgan fingerprint density at radius 1 is 0.328 bits per heavy atom. The molecule has 0 saturated heterocycles. The van der Waals surface area contributed by atoms with E-state index in [0.717, 1.165) is 61.6 Å². The quantitative estimate of drug-likeness (QED) is 0.176. The van der Waals surface area contributed by atoms with E-state index in [1.807, 2.05) is 12.1 Å². The number of fused-ring (bicyclic) bond motifs is 9. The Labute approximate surface area is 334 Å². The SMILES string of the molecule is c1ccc(-c2nc3cccc(-c4cccc(-n5c6cc7c(cc6c6c8ccccc8ccc65)c5ccccc5n7-c5ccccc5)c4)c3nc2-c2ccccc2)cc1. The Kier molecular flexibility index (Phi) is 7.20. The van der Waals surface area contributed by atoms with E-state index in [0.29, 0.717) is 0 Å². The molecule has 0 radical (unpaired) electrons. The highest BCUT2D eigenvalue weighted by Crippen LogP contribution is 2.43. The number of aromatic nitrogens is 4. The summed E-state index contributed by atoms with van der Waals surface area (Å²) in [4.78, 5) is 10.7. The normalized spacial score (nSPS) is 11.8. The summed E-state index contributed by atoms with van der Waals surface area (Å²) in [6.45, 7) is 0. The number of nitrogens with zero attached hydrogens (tertiary/aromatic N) is 4. The van der Waals surface area contributed by atoms with Crippen molar-refractivity contribution in [3.8, 4) is 45.0 Å². The van der Waals surface area contributed by atoms with Gasteiger partial charge in [-0.1, -0.05) is 152 Å². The third-order valence-corrected chi connectivity index (χ3v) is 11.7. The fourth-order valence-electron chi connectivity index (χ4n) is 9.10. The lowest BCUT2D eigenvalue weighted by Crippen LogP contribution is -1.98. The second-order valence-electron chi connectivity index (χ2n) is 15.0. The number of benzene rings is 9. The van der Waals surface area contributed by atoms with E-state index in [1.54, 1.807) is 0 Å².